The number of ether oxygens (including phenoxy) is 1. The van der Waals surface area contributed by atoms with Gasteiger partial charge < -0.3 is 9.64 Å². The van der Waals surface area contributed by atoms with Crippen LogP contribution in [0.3, 0.4) is 0 Å². The zero-order chi connectivity index (χ0) is 25.9. The smallest absolute Gasteiger partial charge is 0.416 e. The molecular formula is C20H15BrF8N4O2. The van der Waals surface area contributed by atoms with Crippen LogP contribution in [0.4, 0.5) is 45.9 Å². The number of cyclic esters (lactones) is 1. The fourth-order valence-corrected chi connectivity index (χ4v) is 4.09. The first-order valence-electron chi connectivity index (χ1n) is 9.96. The average molecular weight is 575 g/mol. The number of anilines is 1. The standard InChI is InChI=1S/C20H15BrF8N4O2/c1-9-15(10-2-11(19(24,25)26)4-12(3-10)20(27,28)29)35-17(34)33(9)6-14-13(21)5-30-16(31-14)32-7-18(22,23)8-32/h2-5,9,15H,6-8H2,1H3/t9-,15-/m0/s1. The fourth-order valence-electron chi connectivity index (χ4n) is 3.77. The van der Waals surface area contributed by atoms with Crippen LogP contribution in [0.15, 0.2) is 28.9 Å². The molecule has 6 nitrogen and oxygen atoms in total. The maximum Gasteiger partial charge on any atom is 0.416 e. The molecule has 2 atom stereocenters. The molecule has 2 aromatic rings. The lowest BCUT2D eigenvalue weighted by Gasteiger charge is -2.38. The maximum atomic E-state index is 13.2. The Morgan fingerprint density at radius 3 is 2.17 bits per heavy atom. The SMILES string of the molecule is C[C@H]1[C@@H](c2cc(C(F)(F)F)cc(C(F)(F)F)c2)OC(=O)N1Cc1nc(N2CC(F)(F)C2)ncc1Br. The number of hydrogen-bond donors (Lipinski definition) is 0. The molecule has 15 heteroatoms. The number of halogens is 9. The van der Waals surface area contributed by atoms with Crippen molar-refractivity contribution in [1.29, 1.82) is 0 Å². The van der Waals surface area contributed by atoms with Crippen LogP contribution in [0.5, 0.6) is 0 Å². The highest BCUT2D eigenvalue weighted by Crippen LogP contribution is 2.41. The number of aromatic nitrogens is 2. The third kappa shape index (κ3) is 5.14. The Balaban J connectivity index is 1.61. The van der Waals surface area contributed by atoms with Gasteiger partial charge in [0.25, 0.3) is 5.92 Å². The lowest BCUT2D eigenvalue weighted by Crippen LogP contribution is -2.57. The Labute approximate surface area is 201 Å². The molecule has 2 aliphatic rings. The van der Waals surface area contributed by atoms with Crippen molar-refractivity contribution in [3.05, 3.63) is 51.3 Å². The number of hydrogen-bond acceptors (Lipinski definition) is 5. The summed E-state index contributed by atoms with van der Waals surface area (Å²) in [5.41, 5.74) is -3.34. The van der Waals surface area contributed by atoms with E-state index in [1.807, 2.05) is 0 Å². The summed E-state index contributed by atoms with van der Waals surface area (Å²) in [6, 6.07) is 0.0266. The van der Waals surface area contributed by atoms with Crippen molar-refractivity contribution in [2.24, 2.45) is 0 Å². The van der Waals surface area contributed by atoms with Crippen LogP contribution < -0.4 is 4.90 Å². The van der Waals surface area contributed by atoms with Crippen LogP contribution in [0.1, 0.15) is 35.4 Å². The summed E-state index contributed by atoms with van der Waals surface area (Å²) in [6.45, 7) is -0.0399. The Bertz CT molecular complexity index is 1120. The van der Waals surface area contributed by atoms with E-state index in [4.69, 9.17) is 4.74 Å². The molecule has 0 unspecified atom stereocenters. The third-order valence-corrected chi connectivity index (χ3v) is 6.24. The molecule has 4 rings (SSSR count). The summed E-state index contributed by atoms with van der Waals surface area (Å²) in [5.74, 6) is -2.89. The van der Waals surface area contributed by atoms with Gasteiger partial charge in [0.05, 0.1) is 47.0 Å². The van der Waals surface area contributed by atoms with Gasteiger partial charge in [-0.2, -0.15) is 26.3 Å². The summed E-state index contributed by atoms with van der Waals surface area (Å²) < 4.78 is 111. The van der Waals surface area contributed by atoms with E-state index in [0.717, 1.165) is 4.90 Å². The molecule has 1 aromatic heterocycles. The predicted molar refractivity (Wildman–Crippen MR) is 108 cm³/mol. The van der Waals surface area contributed by atoms with Gasteiger partial charge in [0.2, 0.25) is 5.95 Å². The number of amides is 1. The van der Waals surface area contributed by atoms with Gasteiger partial charge >= 0.3 is 18.4 Å². The maximum absolute atomic E-state index is 13.2. The molecule has 2 saturated heterocycles. The minimum absolute atomic E-state index is 0.0124. The van der Waals surface area contributed by atoms with Crippen molar-refractivity contribution in [3.63, 3.8) is 0 Å². The van der Waals surface area contributed by atoms with Crippen LogP contribution in [-0.4, -0.2) is 46.0 Å². The van der Waals surface area contributed by atoms with E-state index in [0.29, 0.717) is 16.6 Å². The Hall–Kier alpha value is -2.71. The molecule has 190 valence electrons. The predicted octanol–water partition coefficient (Wildman–Crippen LogP) is 5.81. The van der Waals surface area contributed by atoms with Crippen molar-refractivity contribution < 1.29 is 44.7 Å². The molecule has 1 amide bonds. The fraction of sp³-hybridized carbons (Fsp3) is 0.450. The lowest BCUT2D eigenvalue weighted by atomic mass is 9.97. The van der Waals surface area contributed by atoms with Crippen LogP contribution in [0, 0.1) is 0 Å². The minimum atomic E-state index is -5.06. The number of alkyl halides is 8. The zero-order valence-corrected chi connectivity index (χ0v) is 19.2. The molecule has 3 heterocycles. The van der Waals surface area contributed by atoms with Gasteiger partial charge in [-0.1, -0.05) is 0 Å². The molecule has 0 radical (unpaired) electrons. The van der Waals surface area contributed by atoms with Crippen molar-refractivity contribution in [2.75, 3.05) is 18.0 Å². The van der Waals surface area contributed by atoms with Crippen LogP contribution in [0.25, 0.3) is 0 Å². The molecule has 0 aliphatic carbocycles. The summed E-state index contributed by atoms with van der Waals surface area (Å²) >= 11 is 3.19. The van der Waals surface area contributed by atoms with Crippen LogP contribution >= 0.6 is 15.9 Å². The van der Waals surface area contributed by atoms with E-state index < -0.39 is 66.3 Å². The van der Waals surface area contributed by atoms with Gasteiger partial charge in [-0.25, -0.2) is 23.5 Å². The Kier molecular flexibility index (Phi) is 6.13. The minimum Gasteiger partial charge on any atom is -0.439 e. The summed E-state index contributed by atoms with van der Waals surface area (Å²) in [5, 5.41) is 0. The normalized spacial score (nSPS) is 22.3. The van der Waals surface area contributed by atoms with Gasteiger partial charge in [-0.05, 0) is 46.6 Å². The largest absolute Gasteiger partial charge is 0.439 e. The molecule has 0 spiro atoms. The van der Waals surface area contributed by atoms with Crippen molar-refractivity contribution >= 4 is 28.0 Å². The number of carbonyl (C=O) groups excluding carboxylic acids is 1. The van der Waals surface area contributed by atoms with Crippen LogP contribution in [-0.2, 0) is 23.6 Å². The highest BCUT2D eigenvalue weighted by molar-refractivity contribution is 9.10. The molecular weight excluding hydrogens is 560 g/mol. The van der Waals surface area contributed by atoms with E-state index in [2.05, 4.69) is 25.9 Å². The molecule has 35 heavy (non-hydrogen) atoms. The molecule has 0 saturated carbocycles. The third-order valence-electron chi connectivity index (χ3n) is 5.58. The van der Waals surface area contributed by atoms with Gasteiger partial charge in [0.1, 0.15) is 6.10 Å². The summed E-state index contributed by atoms with van der Waals surface area (Å²) in [6.07, 6.45) is -11.2. The molecule has 0 bridgehead atoms. The van der Waals surface area contributed by atoms with E-state index in [1.165, 1.54) is 18.0 Å². The van der Waals surface area contributed by atoms with E-state index >= 15 is 0 Å². The first-order valence-corrected chi connectivity index (χ1v) is 10.8. The second kappa shape index (κ2) is 8.45. The Morgan fingerprint density at radius 2 is 1.66 bits per heavy atom. The van der Waals surface area contributed by atoms with Gasteiger partial charge in [0.15, 0.2) is 0 Å². The highest BCUT2D eigenvalue weighted by atomic mass is 79.9. The topological polar surface area (TPSA) is 58.6 Å². The van der Waals surface area contributed by atoms with E-state index in [-0.39, 0.29) is 24.3 Å². The van der Waals surface area contributed by atoms with Crippen molar-refractivity contribution in [3.8, 4) is 0 Å². The monoisotopic (exact) mass is 574 g/mol. The van der Waals surface area contributed by atoms with Gasteiger partial charge in [0, 0.05) is 6.20 Å². The van der Waals surface area contributed by atoms with Gasteiger partial charge in [-0.3, -0.25) is 4.90 Å². The quantitative estimate of drug-likeness (QED) is 0.431. The van der Waals surface area contributed by atoms with Gasteiger partial charge in [-0.15, -0.1) is 0 Å². The van der Waals surface area contributed by atoms with Crippen LogP contribution in [0.2, 0.25) is 0 Å². The van der Waals surface area contributed by atoms with Crippen molar-refractivity contribution in [1.82, 2.24) is 14.9 Å². The van der Waals surface area contributed by atoms with Crippen molar-refractivity contribution in [2.45, 2.75) is 43.9 Å². The average Bonchev–Trinajstić information content (AvgIpc) is 3.00. The lowest BCUT2D eigenvalue weighted by molar-refractivity contribution is -0.143. The van der Waals surface area contributed by atoms with E-state index in [1.54, 1.807) is 0 Å². The molecule has 2 fully saturated rings. The molecule has 1 aromatic carbocycles. The summed E-state index contributed by atoms with van der Waals surface area (Å²) in [4.78, 5) is 22.9. The Morgan fingerprint density at radius 1 is 1.09 bits per heavy atom. The number of nitrogens with zero attached hydrogens (tertiary/aromatic N) is 4. The number of rotatable bonds is 4. The number of carbonyl (C=O) groups is 1. The molecule has 2 aliphatic heterocycles. The summed E-state index contributed by atoms with van der Waals surface area (Å²) in [7, 11) is 0. The number of benzene rings is 1. The second-order valence-corrected chi connectivity index (χ2v) is 9.04. The zero-order valence-electron chi connectivity index (χ0n) is 17.6. The van der Waals surface area contributed by atoms with E-state index in [9.17, 15) is 39.9 Å². The second-order valence-electron chi connectivity index (χ2n) is 8.19. The highest BCUT2D eigenvalue weighted by Gasteiger charge is 2.46. The molecule has 0 N–H and O–H groups in total. The first-order chi connectivity index (χ1) is 16.0. The first kappa shape index (κ1) is 25.4.